The molecule has 0 amide bonds. The lowest BCUT2D eigenvalue weighted by atomic mass is 10.2. The van der Waals surface area contributed by atoms with Gasteiger partial charge in [0.25, 0.3) is 10.0 Å². The van der Waals surface area contributed by atoms with Gasteiger partial charge < -0.3 is 0 Å². The second kappa shape index (κ2) is 6.40. The van der Waals surface area contributed by atoms with E-state index < -0.39 is 20.0 Å². The van der Waals surface area contributed by atoms with Crippen molar-refractivity contribution in [3.63, 3.8) is 0 Å². The van der Waals surface area contributed by atoms with Crippen molar-refractivity contribution in [2.75, 3.05) is 17.9 Å². The third-order valence-corrected chi connectivity index (χ3v) is 7.70. The van der Waals surface area contributed by atoms with Gasteiger partial charge in [-0.25, -0.2) is 26.5 Å². The van der Waals surface area contributed by atoms with Gasteiger partial charge in [-0.05, 0) is 49.4 Å². The summed E-state index contributed by atoms with van der Waals surface area (Å²) >= 11 is 11.6. The van der Waals surface area contributed by atoms with Crippen LogP contribution in [0.5, 0.6) is 0 Å². The predicted molar refractivity (Wildman–Crippen MR) is 95.2 cm³/mol. The topological polar surface area (TPSA) is 96.4 Å². The molecule has 2 aromatic rings. The van der Waals surface area contributed by atoms with Gasteiger partial charge in [-0.2, -0.15) is 0 Å². The van der Waals surface area contributed by atoms with Gasteiger partial charge in [0, 0.05) is 6.54 Å². The van der Waals surface area contributed by atoms with Crippen molar-refractivity contribution in [2.24, 2.45) is 0 Å². The number of fused-ring (bicyclic) bond motifs is 1. The SMILES string of the molecule is CNS(=O)(=O)c1ccc2c(c1)CCN2S(=O)(=O)c1ccc(Cl)nc1Cl. The Morgan fingerprint density at radius 1 is 1.12 bits per heavy atom. The lowest BCUT2D eigenvalue weighted by molar-refractivity contribution is 0.587. The molecule has 3 rings (SSSR count). The fourth-order valence-corrected chi connectivity index (χ4v) is 5.52. The van der Waals surface area contributed by atoms with E-state index in [2.05, 4.69) is 9.71 Å². The molecule has 0 aliphatic carbocycles. The Labute approximate surface area is 155 Å². The van der Waals surface area contributed by atoms with Crippen LogP contribution in [0.4, 0.5) is 5.69 Å². The minimum atomic E-state index is -3.94. The molecule has 1 N–H and O–H groups in total. The fraction of sp³-hybridized carbons (Fsp3) is 0.214. The molecule has 0 fully saturated rings. The van der Waals surface area contributed by atoms with Gasteiger partial charge in [0.2, 0.25) is 10.0 Å². The van der Waals surface area contributed by atoms with Crippen molar-refractivity contribution in [1.29, 1.82) is 0 Å². The summed E-state index contributed by atoms with van der Waals surface area (Å²) in [5.41, 5.74) is 1.04. The highest BCUT2D eigenvalue weighted by Gasteiger charge is 2.33. The van der Waals surface area contributed by atoms with Gasteiger partial charge in [-0.3, -0.25) is 4.31 Å². The van der Waals surface area contributed by atoms with E-state index in [4.69, 9.17) is 23.2 Å². The monoisotopic (exact) mass is 421 g/mol. The molecule has 0 unspecified atom stereocenters. The van der Waals surface area contributed by atoms with E-state index in [-0.39, 0.29) is 26.6 Å². The second-order valence-corrected chi connectivity index (χ2v) is 9.71. The summed E-state index contributed by atoms with van der Waals surface area (Å²) in [4.78, 5) is 3.69. The van der Waals surface area contributed by atoms with Crippen molar-refractivity contribution in [3.05, 3.63) is 46.2 Å². The number of pyridine rings is 1. The Hall–Kier alpha value is -1.39. The molecule has 1 aliphatic heterocycles. The van der Waals surface area contributed by atoms with Crippen molar-refractivity contribution in [2.45, 2.75) is 16.2 Å². The van der Waals surface area contributed by atoms with Crippen LogP contribution in [-0.4, -0.2) is 35.4 Å². The second-order valence-electron chi connectivity index (χ2n) is 5.25. The average molecular weight is 422 g/mol. The highest BCUT2D eigenvalue weighted by atomic mass is 35.5. The number of aromatic nitrogens is 1. The Kier molecular flexibility index (Phi) is 4.71. The molecule has 0 bridgehead atoms. The maximum atomic E-state index is 12.9. The smallest absolute Gasteiger partial charge is 0.266 e. The zero-order chi connectivity index (χ0) is 18.4. The summed E-state index contributed by atoms with van der Waals surface area (Å²) in [5.74, 6) is 0. The van der Waals surface area contributed by atoms with Crippen LogP contribution < -0.4 is 9.03 Å². The molecule has 0 spiro atoms. The van der Waals surface area contributed by atoms with Gasteiger partial charge in [-0.15, -0.1) is 0 Å². The number of rotatable bonds is 4. The first kappa shape index (κ1) is 18.4. The number of halogens is 2. The summed E-state index contributed by atoms with van der Waals surface area (Å²) in [6.45, 7) is 0.180. The van der Waals surface area contributed by atoms with Crippen molar-refractivity contribution < 1.29 is 16.8 Å². The molecule has 1 aliphatic rings. The largest absolute Gasteiger partial charge is 0.267 e. The molecule has 11 heteroatoms. The molecule has 1 aromatic carbocycles. The van der Waals surface area contributed by atoms with Crippen LogP contribution in [0, 0.1) is 0 Å². The highest BCUT2D eigenvalue weighted by Crippen LogP contribution is 2.36. The molecule has 134 valence electrons. The molecule has 0 saturated heterocycles. The van der Waals surface area contributed by atoms with Crippen LogP contribution in [0.2, 0.25) is 10.3 Å². The number of anilines is 1. The zero-order valence-electron chi connectivity index (χ0n) is 12.9. The van der Waals surface area contributed by atoms with Gasteiger partial charge in [0.15, 0.2) is 5.15 Å². The molecule has 0 atom stereocenters. The Morgan fingerprint density at radius 3 is 2.48 bits per heavy atom. The summed E-state index contributed by atoms with van der Waals surface area (Å²) < 4.78 is 53.0. The van der Waals surface area contributed by atoms with E-state index in [0.29, 0.717) is 17.7 Å². The molecular formula is C14H13Cl2N3O4S2. The molecule has 0 saturated carbocycles. The van der Waals surface area contributed by atoms with Gasteiger partial charge in [-0.1, -0.05) is 23.2 Å². The number of hydrogen-bond donors (Lipinski definition) is 1. The first-order chi connectivity index (χ1) is 11.7. The standard InChI is InChI=1S/C14H13Cl2N3O4S2/c1-17-24(20,21)10-2-3-11-9(8-10)6-7-19(11)25(22,23)12-4-5-13(15)18-14(12)16/h2-5,8,17H,6-7H2,1H3. The van der Waals surface area contributed by atoms with Gasteiger partial charge in [0.05, 0.1) is 10.6 Å². The Bertz CT molecular complexity index is 1060. The summed E-state index contributed by atoms with van der Waals surface area (Å²) in [5, 5.41) is -0.122. The third-order valence-electron chi connectivity index (χ3n) is 3.83. The van der Waals surface area contributed by atoms with E-state index in [1.807, 2.05) is 0 Å². The molecule has 7 nitrogen and oxygen atoms in total. The van der Waals surface area contributed by atoms with Crippen molar-refractivity contribution in [1.82, 2.24) is 9.71 Å². The Morgan fingerprint density at radius 2 is 1.84 bits per heavy atom. The van der Waals surface area contributed by atoms with E-state index in [1.165, 1.54) is 41.7 Å². The van der Waals surface area contributed by atoms with Crippen molar-refractivity contribution in [3.8, 4) is 0 Å². The number of benzene rings is 1. The van der Waals surface area contributed by atoms with Crippen LogP contribution in [0.15, 0.2) is 40.1 Å². The predicted octanol–water partition coefficient (Wildman–Crippen LogP) is 2.05. The first-order valence-electron chi connectivity index (χ1n) is 7.08. The first-order valence-corrected chi connectivity index (χ1v) is 10.8. The molecule has 2 heterocycles. The molecule has 1 aromatic heterocycles. The number of sulfonamides is 2. The van der Waals surface area contributed by atoms with Crippen LogP contribution in [-0.2, 0) is 26.5 Å². The summed E-state index contributed by atoms with van der Waals surface area (Å²) in [7, 11) is -6.22. The molecular weight excluding hydrogens is 409 g/mol. The maximum absolute atomic E-state index is 12.9. The van der Waals surface area contributed by atoms with E-state index >= 15 is 0 Å². The van der Waals surface area contributed by atoms with Crippen LogP contribution >= 0.6 is 23.2 Å². The lowest BCUT2D eigenvalue weighted by Crippen LogP contribution is -2.29. The summed E-state index contributed by atoms with van der Waals surface area (Å²) in [6.07, 6.45) is 0.389. The average Bonchev–Trinajstić information content (AvgIpc) is 2.98. The highest BCUT2D eigenvalue weighted by molar-refractivity contribution is 7.93. The minimum absolute atomic E-state index is 0.0826. The zero-order valence-corrected chi connectivity index (χ0v) is 16.0. The van der Waals surface area contributed by atoms with Crippen LogP contribution in [0.3, 0.4) is 0 Å². The van der Waals surface area contributed by atoms with E-state index in [9.17, 15) is 16.8 Å². The lowest BCUT2D eigenvalue weighted by Gasteiger charge is -2.20. The summed E-state index contributed by atoms with van der Waals surface area (Å²) in [6, 6.07) is 6.95. The van der Waals surface area contributed by atoms with E-state index in [0.717, 1.165) is 0 Å². The third kappa shape index (κ3) is 3.22. The van der Waals surface area contributed by atoms with Crippen molar-refractivity contribution >= 4 is 48.9 Å². The van der Waals surface area contributed by atoms with Crippen LogP contribution in [0.25, 0.3) is 0 Å². The molecule has 25 heavy (non-hydrogen) atoms. The Balaban J connectivity index is 2.06. The fourth-order valence-electron chi connectivity index (χ4n) is 2.59. The molecule has 0 radical (unpaired) electrons. The number of hydrogen-bond acceptors (Lipinski definition) is 5. The minimum Gasteiger partial charge on any atom is -0.266 e. The normalized spacial score (nSPS) is 14.6. The quantitative estimate of drug-likeness (QED) is 0.761. The number of nitrogens with zero attached hydrogens (tertiary/aromatic N) is 2. The van der Waals surface area contributed by atoms with E-state index in [1.54, 1.807) is 0 Å². The van der Waals surface area contributed by atoms with Crippen LogP contribution in [0.1, 0.15) is 5.56 Å². The van der Waals surface area contributed by atoms with Gasteiger partial charge >= 0.3 is 0 Å². The number of nitrogens with one attached hydrogen (secondary N) is 1. The maximum Gasteiger partial charge on any atom is 0.267 e. The van der Waals surface area contributed by atoms with Gasteiger partial charge in [0.1, 0.15) is 10.0 Å².